The fourth-order valence-corrected chi connectivity index (χ4v) is 6.57. The summed E-state index contributed by atoms with van der Waals surface area (Å²) in [4.78, 5) is 41.3. The molecule has 2 unspecified atom stereocenters. The standard InChI is InChI=1S/C21H31N7O4S/c1-10-16-15(11(2)27-9-12(7-22-3)24-25-27)20(30)28(16)17(21(31)32)18(10)33-13-6-14(23-8-13)19(29)26(4)5/h9-11,13-16,22-23H,6-8H2,1-5H3,(H,31,32)/t10-,11-,13?,14+,15?,16-/m1/s1. The van der Waals surface area contributed by atoms with E-state index in [2.05, 4.69) is 20.9 Å². The van der Waals surface area contributed by atoms with Crippen LogP contribution in [0.5, 0.6) is 0 Å². The van der Waals surface area contributed by atoms with Crippen LogP contribution in [0.15, 0.2) is 16.8 Å². The van der Waals surface area contributed by atoms with Gasteiger partial charge in [-0.15, -0.1) is 16.9 Å². The van der Waals surface area contributed by atoms with Gasteiger partial charge in [-0.25, -0.2) is 9.48 Å². The van der Waals surface area contributed by atoms with Gasteiger partial charge in [-0.05, 0) is 20.4 Å². The zero-order chi connectivity index (χ0) is 24.0. The predicted octanol–water partition coefficient (Wildman–Crippen LogP) is -0.117. The number of aromatic nitrogens is 3. The number of fused-ring (bicyclic) bond motifs is 1. The maximum atomic E-state index is 13.1. The first kappa shape index (κ1) is 23.7. The summed E-state index contributed by atoms with van der Waals surface area (Å²) in [6.07, 6.45) is 2.44. The molecular formula is C21H31N7O4S. The third-order valence-electron chi connectivity index (χ3n) is 6.77. The quantitative estimate of drug-likeness (QED) is 0.438. The number of carboxylic acid groups (broad SMARTS) is 1. The number of carboxylic acids is 1. The Morgan fingerprint density at radius 1 is 1.42 bits per heavy atom. The molecule has 1 aromatic rings. The second-order valence-electron chi connectivity index (χ2n) is 9.16. The molecule has 11 nitrogen and oxygen atoms in total. The first-order valence-corrected chi connectivity index (χ1v) is 12.0. The normalized spacial score (nSPS) is 29.8. The molecule has 0 aliphatic carbocycles. The second kappa shape index (κ2) is 9.07. The highest BCUT2D eigenvalue weighted by atomic mass is 32.2. The number of amides is 2. The van der Waals surface area contributed by atoms with Crippen LogP contribution in [-0.4, -0.2) is 92.7 Å². The predicted molar refractivity (Wildman–Crippen MR) is 122 cm³/mol. The van der Waals surface area contributed by atoms with Gasteiger partial charge >= 0.3 is 5.97 Å². The Morgan fingerprint density at radius 2 is 2.15 bits per heavy atom. The summed E-state index contributed by atoms with van der Waals surface area (Å²) < 4.78 is 1.70. The highest BCUT2D eigenvalue weighted by Crippen LogP contribution is 2.53. The van der Waals surface area contributed by atoms with E-state index in [-0.39, 0.29) is 52.7 Å². The van der Waals surface area contributed by atoms with Gasteiger partial charge in [0.15, 0.2) is 0 Å². The number of hydrogen-bond acceptors (Lipinski definition) is 8. The zero-order valence-corrected chi connectivity index (χ0v) is 20.3. The van der Waals surface area contributed by atoms with Gasteiger partial charge in [-0.3, -0.25) is 9.59 Å². The summed E-state index contributed by atoms with van der Waals surface area (Å²) in [6.45, 7) is 5.11. The van der Waals surface area contributed by atoms with Gasteiger partial charge in [-0.2, -0.15) is 0 Å². The summed E-state index contributed by atoms with van der Waals surface area (Å²) in [5.41, 5.74) is 0.867. The van der Waals surface area contributed by atoms with Crippen LogP contribution in [0, 0.1) is 11.8 Å². The summed E-state index contributed by atoms with van der Waals surface area (Å²) in [5, 5.41) is 24.6. The number of nitrogens with zero attached hydrogens (tertiary/aromatic N) is 5. The molecule has 1 aromatic heterocycles. The average Bonchev–Trinajstić information content (AvgIpc) is 3.47. The zero-order valence-electron chi connectivity index (χ0n) is 19.5. The Balaban J connectivity index is 1.51. The first-order valence-electron chi connectivity index (χ1n) is 11.1. The highest BCUT2D eigenvalue weighted by molar-refractivity contribution is 8.03. The van der Waals surface area contributed by atoms with Gasteiger partial charge < -0.3 is 25.5 Å². The van der Waals surface area contributed by atoms with Gasteiger partial charge in [0, 0.05) is 43.3 Å². The summed E-state index contributed by atoms with van der Waals surface area (Å²) in [6, 6.07) is -0.741. The minimum Gasteiger partial charge on any atom is -0.477 e. The number of β-lactam (4-membered cyclic amide) rings is 1. The number of carbonyl (C=O) groups is 3. The monoisotopic (exact) mass is 477 g/mol. The first-order chi connectivity index (χ1) is 15.6. The third kappa shape index (κ3) is 4.04. The average molecular weight is 478 g/mol. The molecule has 0 bridgehead atoms. The second-order valence-corrected chi connectivity index (χ2v) is 10.5. The van der Waals surface area contributed by atoms with Gasteiger partial charge in [0.2, 0.25) is 11.8 Å². The lowest BCUT2D eigenvalue weighted by molar-refractivity contribution is -0.159. The van der Waals surface area contributed by atoms with E-state index >= 15 is 0 Å². The van der Waals surface area contributed by atoms with Gasteiger partial charge in [0.1, 0.15) is 5.70 Å². The van der Waals surface area contributed by atoms with E-state index in [4.69, 9.17) is 0 Å². The molecule has 0 radical (unpaired) electrons. The van der Waals surface area contributed by atoms with Crippen LogP contribution in [0.4, 0.5) is 0 Å². The molecule has 12 heteroatoms. The fourth-order valence-electron chi connectivity index (χ4n) is 5.09. The van der Waals surface area contributed by atoms with Crippen molar-refractivity contribution in [2.75, 3.05) is 27.7 Å². The van der Waals surface area contributed by atoms with Crippen LogP contribution in [0.3, 0.4) is 0 Å². The smallest absolute Gasteiger partial charge is 0.353 e. The number of carbonyl (C=O) groups excluding carboxylic acids is 2. The number of aliphatic carboxylic acids is 1. The molecule has 3 N–H and O–H groups in total. The summed E-state index contributed by atoms with van der Waals surface area (Å²) in [7, 11) is 5.28. The summed E-state index contributed by atoms with van der Waals surface area (Å²) >= 11 is 1.49. The van der Waals surface area contributed by atoms with E-state index in [0.29, 0.717) is 19.5 Å². The third-order valence-corrected chi connectivity index (χ3v) is 8.28. The molecule has 0 saturated carbocycles. The Kier molecular flexibility index (Phi) is 6.52. The Hall–Kier alpha value is -2.44. The largest absolute Gasteiger partial charge is 0.477 e. The van der Waals surface area contributed by atoms with Crippen LogP contribution in [0.25, 0.3) is 0 Å². The molecule has 0 spiro atoms. The van der Waals surface area contributed by atoms with Crippen molar-refractivity contribution in [3.63, 3.8) is 0 Å². The highest BCUT2D eigenvalue weighted by Gasteiger charge is 2.60. The van der Waals surface area contributed by atoms with Crippen LogP contribution < -0.4 is 10.6 Å². The summed E-state index contributed by atoms with van der Waals surface area (Å²) in [5.74, 6) is -1.75. The number of likely N-dealkylation sites (N-methyl/N-ethyl adjacent to an activating group) is 1. The van der Waals surface area contributed by atoms with E-state index in [0.717, 1.165) is 10.6 Å². The van der Waals surface area contributed by atoms with Crippen molar-refractivity contribution in [3.05, 3.63) is 22.5 Å². The molecule has 0 aromatic carbocycles. The molecule has 6 atom stereocenters. The van der Waals surface area contributed by atoms with Crippen molar-refractivity contribution >= 4 is 29.5 Å². The van der Waals surface area contributed by atoms with Gasteiger partial charge in [0.25, 0.3) is 0 Å². The van der Waals surface area contributed by atoms with E-state index < -0.39 is 5.97 Å². The number of thioether (sulfide) groups is 1. The van der Waals surface area contributed by atoms with Crippen molar-refractivity contribution < 1.29 is 19.5 Å². The molecule has 2 fully saturated rings. The molecule has 4 rings (SSSR count). The van der Waals surface area contributed by atoms with Gasteiger partial charge in [-0.1, -0.05) is 12.1 Å². The van der Waals surface area contributed by atoms with Crippen LogP contribution in [0.2, 0.25) is 0 Å². The topological polar surface area (TPSA) is 133 Å². The number of rotatable bonds is 8. The Bertz CT molecular complexity index is 993. The van der Waals surface area contributed by atoms with Crippen LogP contribution >= 0.6 is 11.8 Å². The lowest BCUT2D eigenvalue weighted by Crippen LogP contribution is -2.62. The molecule has 2 saturated heterocycles. The number of nitrogens with one attached hydrogen (secondary N) is 2. The maximum absolute atomic E-state index is 13.1. The Morgan fingerprint density at radius 3 is 2.79 bits per heavy atom. The van der Waals surface area contributed by atoms with Gasteiger partial charge in [0.05, 0.1) is 35.9 Å². The molecular weight excluding hydrogens is 446 g/mol. The van der Waals surface area contributed by atoms with Crippen molar-refractivity contribution in [2.45, 2.75) is 50.2 Å². The molecule has 2 amide bonds. The Labute approximate surface area is 196 Å². The lowest BCUT2D eigenvalue weighted by atomic mass is 9.78. The number of hydrogen-bond donors (Lipinski definition) is 3. The van der Waals surface area contributed by atoms with Crippen LogP contribution in [0.1, 0.15) is 32.0 Å². The van der Waals surface area contributed by atoms with E-state index in [1.807, 2.05) is 27.1 Å². The molecule has 33 heavy (non-hydrogen) atoms. The fraction of sp³-hybridized carbons (Fsp3) is 0.667. The molecule has 4 heterocycles. The molecule has 3 aliphatic heterocycles. The maximum Gasteiger partial charge on any atom is 0.353 e. The van der Waals surface area contributed by atoms with E-state index in [1.165, 1.54) is 16.7 Å². The van der Waals surface area contributed by atoms with E-state index in [1.54, 1.807) is 23.7 Å². The lowest BCUT2D eigenvalue weighted by Gasteiger charge is -2.47. The molecule has 180 valence electrons. The molecule has 3 aliphatic rings. The van der Waals surface area contributed by atoms with Crippen molar-refractivity contribution in [3.8, 4) is 0 Å². The van der Waals surface area contributed by atoms with E-state index in [9.17, 15) is 19.5 Å². The van der Waals surface area contributed by atoms with Crippen molar-refractivity contribution in [1.29, 1.82) is 0 Å². The van der Waals surface area contributed by atoms with Crippen LogP contribution in [-0.2, 0) is 20.9 Å². The SMILES string of the molecule is CNCc1cn([C@H](C)C2C(=O)N3C(C(=O)O)=C(SC4CN[C@H](C(=O)N(C)C)C4)[C@H](C)[C@H]23)nn1. The minimum absolute atomic E-state index is 0.0170. The van der Waals surface area contributed by atoms with Crippen molar-refractivity contribution in [2.24, 2.45) is 11.8 Å². The minimum atomic E-state index is -1.09. The van der Waals surface area contributed by atoms with Crippen molar-refractivity contribution in [1.82, 2.24) is 35.4 Å².